The molecule has 1 saturated heterocycles. The molecule has 1 aromatic carbocycles. The fraction of sp³-hybridized carbons (Fsp3) is 0.400. The monoisotopic (exact) mass is 290 g/mol. The van der Waals surface area contributed by atoms with E-state index >= 15 is 0 Å². The second-order valence-electron chi connectivity index (χ2n) is 5.25. The molecule has 0 aliphatic carbocycles. The lowest BCUT2D eigenvalue weighted by molar-refractivity contribution is -0.142. The highest BCUT2D eigenvalue weighted by atomic mass is 16.4. The Morgan fingerprint density at radius 3 is 2.57 bits per heavy atom. The van der Waals surface area contributed by atoms with Crippen molar-refractivity contribution in [3.05, 3.63) is 35.4 Å². The molecular weight excluding hydrogens is 272 g/mol. The standard InChI is InChI=1S/C15H18N2O4/c1-9-2-4-10(5-3-9)8-12(15(20)21)17-14(19)11-6-7-13(18)16-11/h2-5,11-12H,6-8H2,1H3,(H,16,18)(H,17,19)(H,20,21)/t11-,12-/m1/s1. The first-order chi connectivity index (χ1) is 9.95. The molecule has 3 N–H and O–H groups in total. The van der Waals surface area contributed by atoms with Crippen LogP contribution in [0, 0.1) is 6.92 Å². The summed E-state index contributed by atoms with van der Waals surface area (Å²) in [4.78, 5) is 34.3. The van der Waals surface area contributed by atoms with E-state index in [2.05, 4.69) is 10.6 Å². The third-order valence-corrected chi connectivity index (χ3v) is 3.49. The molecule has 0 spiro atoms. The Morgan fingerprint density at radius 2 is 2.05 bits per heavy atom. The van der Waals surface area contributed by atoms with Gasteiger partial charge < -0.3 is 15.7 Å². The Kier molecular flexibility index (Phi) is 4.57. The van der Waals surface area contributed by atoms with Crippen molar-refractivity contribution in [2.75, 3.05) is 0 Å². The molecular formula is C15H18N2O4. The summed E-state index contributed by atoms with van der Waals surface area (Å²) in [5.41, 5.74) is 1.92. The predicted molar refractivity (Wildman–Crippen MR) is 75.6 cm³/mol. The van der Waals surface area contributed by atoms with Gasteiger partial charge in [-0.2, -0.15) is 0 Å². The van der Waals surface area contributed by atoms with E-state index in [1.165, 1.54) is 0 Å². The fourth-order valence-corrected chi connectivity index (χ4v) is 2.24. The molecule has 1 aliphatic heterocycles. The number of carboxylic acid groups (broad SMARTS) is 1. The summed E-state index contributed by atoms with van der Waals surface area (Å²) in [6.07, 6.45) is 0.914. The van der Waals surface area contributed by atoms with Crippen LogP contribution < -0.4 is 10.6 Å². The van der Waals surface area contributed by atoms with Gasteiger partial charge in [-0.25, -0.2) is 4.79 Å². The molecule has 1 aromatic rings. The van der Waals surface area contributed by atoms with Crippen LogP contribution in [0.15, 0.2) is 24.3 Å². The van der Waals surface area contributed by atoms with Crippen molar-refractivity contribution < 1.29 is 19.5 Å². The Labute approximate surface area is 122 Å². The predicted octanol–water partition coefficient (Wildman–Crippen LogP) is 0.386. The third-order valence-electron chi connectivity index (χ3n) is 3.49. The lowest BCUT2D eigenvalue weighted by Gasteiger charge is -2.17. The second kappa shape index (κ2) is 6.39. The number of aliphatic carboxylic acids is 1. The maximum absolute atomic E-state index is 12.0. The van der Waals surface area contributed by atoms with Crippen molar-refractivity contribution in [1.29, 1.82) is 0 Å². The average Bonchev–Trinajstić information content (AvgIpc) is 2.87. The van der Waals surface area contributed by atoms with Gasteiger partial charge in [0.15, 0.2) is 0 Å². The number of hydrogen-bond acceptors (Lipinski definition) is 3. The molecule has 0 radical (unpaired) electrons. The zero-order valence-electron chi connectivity index (χ0n) is 11.8. The van der Waals surface area contributed by atoms with Gasteiger partial charge in [0.2, 0.25) is 11.8 Å². The Morgan fingerprint density at radius 1 is 1.38 bits per heavy atom. The van der Waals surface area contributed by atoms with Gasteiger partial charge in [-0.1, -0.05) is 29.8 Å². The van der Waals surface area contributed by atoms with Crippen LogP contribution in [0.1, 0.15) is 24.0 Å². The van der Waals surface area contributed by atoms with Gasteiger partial charge in [0.1, 0.15) is 12.1 Å². The molecule has 0 saturated carbocycles. The Balaban J connectivity index is 1.99. The van der Waals surface area contributed by atoms with Crippen LogP contribution in [0.25, 0.3) is 0 Å². The number of rotatable bonds is 5. The highest BCUT2D eigenvalue weighted by molar-refractivity contribution is 5.92. The highest BCUT2D eigenvalue weighted by Gasteiger charge is 2.30. The number of carboxylic acids is 1. The molecule has 6 heteroatoms. The number of hydrogen-bond donors (Lipinski definition) is 3. The van der Waals surface area contributed by atoms with Crippen molar-refractivity contribution in [3.63, 3.8) is 0 Å². The lowest BCUT2D eigenvalue weighted by Crippen LogP contribution is -2.49. The first kappa shape index (κ1) is 15.0. The number of aryl methyl sites for hydroxylation is 1. The van der Waals surface area contributed by atoms with E-state index in [1.807, 2.05) is 31.2 Å². The summed E-state index contributed by atoms with van der Waals surface area (Å²) in [5.74, 6) is -1.71. The van der Waals surface area contributed by atoms with Gasteiger partial charge in [0.05, 0.1) is 0 Å². The largest absolute Gasteiger partial charge is 0.480 e. The second-order valence-corrected chi connectivity index (χ2v) is 5.25. The number of benzene rings is 1. The van der Waals surface area contributed by atoms with Gasteiger partial charge in [-0.3, -0.25) is 9.59 Å². The van der Waals surface area contributed by atoms with Crippen molar-refractivity contribution in [3.8, 4) is 0 Å². The summed E-state index contributed by atoms with van der Waals surface area (Å²) in [7, 11) is 0. The van der Waals surface area contributed by atoms with Crippen LogP contribution in [-0.2, 0) is 20.8 Å². The first-order valence-electron chi connectivity index (χ1n) is 6.84. The molecule has 21 heavy (non-hydrogen) atoms. The van der Waals surface area contributed by atoms with E-state index in [9.17, 15) is 19.5 Å². The zero-order chi connectivity index (χ0) is 15.4. The molecule has 2 amide bonds. The molecule has 0 unspecified atom stereocenters. The number of nitrogens with one attached hydrogen (secondary N) is 2. The van der Waals surface area contributed by atoms with Crippen LogP contribution in [0.5, 0.6) is 0 Å². The normalized spacial score (nSPS) is 18.9. The van der Waals surface area contributed by atoms with E-state index in [0.717, 1.165) is 11.1 Å². The molecule has 1 fully saturated rings. The Bertz CT molecular complexity index is 553. The van der Waals surface area contributed by atoms with E-state index in [-0.39, 0.29) is 12.3 Å². The molecule has 2 rings (SSSR count). The summed E-state index contributed by atoms with van der Waals surface area (Å²) >= 11 is 0. The number of carbonyl (C=O) groups excluding carboxylic acids is 2. The van der Waals surface area contributed by atoms with Gasteiger partial charge in [-0.15, -0.1) is 0 Å². The van der Waals surface area contributed by atoms with Gasteiger partial charge in [0, 0.05) is 12.8 Å². The van der Waals surface area contributed by atoms with Crippen molar-refractivity contribution in [2.24, 2.45) is 0 Å². The molecule has 0 aromatic heterocycles. The Hall–Kier alpha value is -2.37. The van der Waals surface area contributed by atoms with Gasteiger partial charge in [-0.05, 0) is 18.9 Å². The first-order valence-corrected chi connectivity index (χ1v) is 6.84. The van der Waals surface area contributed by atoms with E-state index in [4.69, 9.17) is 0 Å². The smallest absolute Gasteiger partial charge is 0.326 e. The van der Waals surface area contributed by atoms with Crippen LogP contribution in [0.3, 0.4) is 0 Å². The van der Waals surface area contributed by atoms with Crippen LogP contribution in [-0.4, -0.2) is 35.0 Å². The molecule has 2 atom stereocenters. The maximum Gasteiger partial charge on any atom is 0.326 e. The zero-order valence-corrected chi connectivity index (χ0v) is 11.8. The van der Waals surface area contributed by atoms with Crippen molar-refractivity contribution >= 4 is 17.8 Å². The average molecular weight is 290 g/mol. The number of amides is 2. The lowest BCUT2D eigenvalue weighted by atomic mass is 10.0. The minimum Gasteiger partial charge on any atom is -0.480 e. The SMILES string of the molecule is Cc1ccc(C[C@@H](NC(=O)[C@H]2CCC(=O)N2)C(=O)O)cc1. The van der Waals surface area contributed by atoms with Crippen LogP contribution in [0.2, 0.25) is 0 Å². The topological polar surface area (TPSA) is 95.5 Å². The molecule has 1 aliphatic rings. The molecule has 6 nitrogen and oxygen atoms in total. The van der Waals surface area contributed by atoms with Crippen molar-refractivity contribution in [2.45, 2.75) is 38.3 Å². The summed E-state index contributed by atoms with van der Waals surface area (Å²) in [6, 6.07) is 5.85. The number of carbonyl (C=O) groups is 3. The minimum atomic E-state index is -1.09. The van der Waals surface area contributed by atoms with E-state index in [0.29, 0.717) is 12.8 Å². The van der Waals surface area contributed by atoms with Crippen molar-refractivity contribution in [1.82, 2.24) is 10.6 Å². The van der Waals surface area contributed by atoms with Gasteiger partial charge >= 0.3 is 5.97 Å². The molecule has 0 bridgehead atoms. The fourth-order valence-electron chi connectivity index (χ4n) is 2.24. The summed E-state index contributed by atoms with van der Waals surface area (Å²) in [5, 5.41) is 14.2. The van der Waals surface area contributed by atoms with Crippen LogP contribution >= 0.6 is 0 Å². The molecule has 112 valence electrons. The minimum absolute atomic E-state index is 0.180. The third kappa shape index (κ3) is 4.05. The quantitative estimate of drug-likeness (QED) is 0.731. The van der Waals surface area contributed by atoms with E-state index < -0.39 is 24.0 Å². The van der Waals surface area contributed by atoms with Crippen LogP contribution in [0.4, 0.5) is 0 Å². The van der Waals surface area contributed by atoms with Gasteiger partial charge in [0.25, 0.3) is 0 Å². The summed E-state index contributed by atoms with van der Waals surface area (Å²) < 4.78 is 0. The van der Waals surface area contributed by atoms with E-state index in [1.54, 1.807) is 0 Å². The molecule has 1 heterocycles. The maximum atomic E-state index is 12.0. The highest BCUT2D eigenvalue weighted by Crippen LogP contribution is 2.09. The summed E-state index contributed by atoms with van der Waals surface area (Å²) in [6.45, 7) is 1.95.